The molecule has 4 nitrogen and oxygen atoms in total. The summed E-state index contributed by atoms with van der Waals surface area (Å²) in [7, 11) is 0. The number of aromatic nitrogens is 2. The number of rotatable bonds is 4. The predicted octanol–water partition coefficient (Wildman–Crippen LogP) is 3.48. The smallest absolute Gasteiger partial charge is 0.150 e. The number of hydrogen-bond donors (Lipinski definition) is 1. The van der Waals surface area contributed by atoms with Crippen LogP contribution in [0.3, 0.4) is 0 Å². The average Bonchev–Trinajstić information content (AvgIpc) is 3.16. The van der Waals surface area contributed by atoms with Crippen LogP contribution in [0.25, 0.3) is 0 Å². The van der Waals surface area contributed by atoms with Crippen molar-refractivity contribution in [1.82, 2.24) is 15.1 Å². The van der Waals surface area contributed by atoms with E-state index >= 15 is 0 Å². The number of hydrogen-bond acceptors (Lipinski definition) is 3. The molecule has 1 saturated carbocycles. The van der Waals surface area contributed by atoms with Crippen LogP contribution in [-0.2, 0) is 5.41 Å². The van der Waals surface area contributed by atoms with E-state index in [0.717, 1.165) is 32.0 Å². The van der Waals surface area contributed by atoms with E-state index in [1.54, 1.807) is 12.1 Å². The molecule has 1 aromatic heterocycles. The maximum absolute atomic E-state index is 13.1. The molecule has 0 unspecified atom stereocenters. The number of benzene rings is 1. The standard InChI is InChI=1S/C19H25FN4/c1-14(15-3-5-16(20)6-4-15)23-9-11-24(12-10-23)18-13-17(21-22-18)19(2)7-8-19/h3-6,13-14H,7-12H2,1-2H3,(H,21,22)/t14-/m1/s1. The molecule has 1 saturated heterocycles. The maximum Gasteiger partial charge on any atom is 0.150 e. The molecular weight excluding hydrogens is 303 g/mol. The minimum atomic E-state index is -0.172. The molecule has 4 rings (SSSR count). The molecule has 2 aliphatic rings. The van der Waals surface area contributed by atoms with Crippen molar-refractivity contribution >= 4 is 5.82 Å². The Morgan fingerprint density at radius 3 is 2.42 bits per heavy atom. The third-order valence-electron chi connectivity index (χ3n) is 5.75. The van der Waals surface area contributed by atoms with Crippen LogP contribution >= 0.6 is 0 Å². The number of aromatic amines is 1. The Labute approximate surface area is 142 Å². The van der Waals surface area contributed by atoms with Crippen molar-refractivity contribution in [3.8, 4) is 0 Å². The Kier molecular flexibility index (Phi) is 3.83. The second-order valence-corrected chi connectivity index (χ2v) is 7.45. The lowest BCUT2D eigenvalue weighted by molar-refractivity contribution is 0.198. The largest absolute Gasteiger partial charge is 0.353 e. The molecule has 1 aromatic carbocycles. The summed E-state index contributed by atoms with van der Waals surface area (Å²) < 4.78 is 13.1. The molecule has 128 valence electrons. The molecular formula is C19H25FN4. The van der Waals surface area contributed by atoms with Gasteiger partial charge in [0, 0.05) is 49.4 Å². The fraction of sp³-hybridized carbons (Fsp3) is 0.526. The van der Waals surface area contributed by atoms with E-state index < -0.39 is 0 Å². The second kappa shape index (κ2) is 5.88. The SMILES string of the molecule is C[C@H](c1ccc(F)cc1)N1CCN(c2cc(C3(C)CC3)[nH]n2)CC1. The highest BCUT2D eigenvalue weighted by Gasteiger charge is 2.41. The van der Waals surface area contributed by atoms with Gasteiger partial charge in [-0.1, -0.05) is 19.1 Å². The zero-order valence-corrected chi connectivity index (χ0v) is 14.4. The van der Waals surface area contributed by atoms with Crippen LogP contribution in [0.2, 0.25) is 0 Å². The third kappa shape index (κ3) is 2.93. The van der Waals surface area contributed by atoms with E-state index in [2.05, 4.69) is 39.9 Å². The Morgan fingerprint density at radius 2 is 1.79 bits per heavy atom. The first-order valence-electron chi connectivity index (χ1n) is 8.85. The minimum Gasteiger partial charge on any atom is -0.353 e. The Morgan fingerprint density at radius 1 is 1.12 bits per heavy atom. The number of anilines is 1. The van der Waals surface area contributed by atoms with E-state index in [4.69, 9.17) is 0 Å². The molecule has 1 N–H and O–H groups in total. The summed E-state index contributed by atoms with van der Waals surface area (Å²) in [4.78, 5) is 4.82. The molecule has 1 aliphatic heterocycles. The van der Waals surface area contributed by atoms with E-state index in [1.165, 1.54) is 24.1 Å². The lowest BCUT2D eigenvalue weighted by Crippen LogP contribution is -2.47. The molecule has 5 heteroatoms. The minimum absolute atomic E-state index is 0.172. The molecule has 0 radical (unpaired) electrons. The number of nitrogens with zero attached hydrogens (tertiary/aromatic N) is 3. The van der Waals surface area contributed by atoms with Gasteiger partial charge in [-0.2, -0.15) is 5.10 Å². The van der Waals surface area contributed by atoms with E-state index in [1.807, 2.05) is 12.1 Å². The van der Waals surface area contributed by atoms with Crippen LogP contribution in [-0.4, -0.2) is 41.3 Å². The third-order valence-corrected chi connectivity index (χ3v) is 5.75. The van der Waals surface area contributed by atoms with E-state index in [-0.39, 0.29) is 5.82 Å². The summed E-state index contributed by atoms with van der Waals surface area (Å²) in [5.41, 5.74) is 2.79. The molecule has 2 aromatic rings. The number of nitrogens with one attached hydrogen (secondary N) is 1. The first kappa shape index (κ1) is 15.6. The Balaban J connectivity index is 1.37. The average molecular weight is 328 g/mol. The summed E-state index contributed by atoms with van der Waals surface area (Å²) in [6.45, 7) is 8.45. The van der Waals surface area contributed by atoms with Crippen molar-refractivity contribution < 1.29 is 4.39 Å². The topological polar surface area (TPSA) is 35.2 Å². The maximum atomic E-state index is 13.1. The summed E-state index contributed by atoms with van der Waals surface area (Å²) in [6, 6.07) is 9.42. The van der Waals surface area contributed by atoms with Gasteiger partial charge in [-0.25, -0.2) is 4.39 Å². The van der Waals surface area contributed by atoms with Crippen molar-refractivity contribution in [2.45, 2.75) is 38.1 Å². The number of H-pyrrole nitrogens is 1. The molecule has 24 heavy (non-hydrogen) atoms. The van der Waals surface area contributed by atoms with Crippen molar-refractivity contribution in [3.63, 3.8) is 0 Å². The number of piperazine rings is 1. The molecule has 0 amide bonds. The van der Waals surface area contributed by atoms with E-state index in [0.29, 0.717) is 11.5 Å². The van der Waals surface area contributed by atoms with Crippen molar-refractivity contribution in [2.24, 2.45) is 0 Å². The molecule has 2 fully saturated rings. The van der Waals surface area contributed by atoms with Crippen LogP contribution in [0, 0.1) is 5.82 Å². The van der Waals surface area contributed by atoms with Crippen LogP contribution in [0.5, 0.6) is 0 Å². The van der Waals surface area contributed by atoms with Crippen molar-refractivity contribution in [2.75, 3.05) is 31.1 Å². The second-order valence-electron chi connectivity index (χ2n) is 7.45. The van der Waals surface area contributed by atoms with E-state index in [9.17, 15) is 4.39 Å². The summed E-state index contributed by atoms with van der Waals surface area (Å²) >= 11 is 0. The fourth-order valence-corrected chi connectivity index (χ4v) is 3.53. The van der Waals surface area contributed by atoms with Crippen LogP contribution in [0.15, 0.2) is 30.3 Å². The van der Waals surface area contributed by atoms with Gasteiger partial charge in [0.25, 0.3) is 0 Å². The van der Waals surface area contributed by atoms with Crippen LogP contribution in [0.1, 0.15) is 44.0 Å². The Bertz CT molecular complexity index is 696. The van der Waals surface area contributed by atoms with Gasteiger partial charge in [0.05, 0.1) is 0 Å². The predicted molar refractivity (Wildman–Crippen MR) is 93.8 cm³/mol. The van der Waals surface area contributed by atoms with Gasteiger partial charge < -0.3 is 4.90 Å². The first-order valence-corrected chi connectivity index (χ1v) is 8.85. The molecule has 2 heterocycles. The quantitative estimate of drug-likeness (QED) is 0.933. The molecule has 0 spiro atoms. The van der Waals surface area contributed by atoms with Gasteiger partial charge in [-0.15, -0.1) is 0 Å². The van der Waals surface area contributed by atoms with Gasteiger partial charge in [0.15, 0.2) is 5.82 Å². The highest BCUT2D eigenvalue weighted by Crippen LogP contribution is 2.47. The lowest BCUT2D eigenvalue weighted by atomic mass is 10.1. The summed E-state index contributed by atoms with van der Waals surface area (Å²) in [6.07, 6.45) is 2.52. The van der Waals surface area contributed by atoms with Gasteiger partial charge in [0.1, 0.15) is 5.82 Å². The summed E-state index contributed by atoms with van der Waals surface area (Å²) in [5.74, 6) is 0.904. The van der Waals surface area contributed by atoms with Crippen molar-refractivity contribution in [3.05, 3.63) is 47.4 Å². The van der Waals surface area contributed by atoms with Crippen molar-refractivity contribution in [1.29, 1.82) is 0 Å². The normalized spacial score (nSPS) is 21.7. The number of halogens is 1. The zero-order valence-electron chi connectivity index (χ0n) is 14.4. The summed E-state index contributed by atoms with van der Waals surface area (Å²) in [5, 5.41) is 7.75. The first-order chi connectivity index (χ1) is 11.5. The highest BCUT2D eigenvalue weighted by molar-refractivity contribution is 5.43. The highest BCUT2D eigenvalue weighted by atomic mass is 19.1. The molecule has 1 aliphatic carbocycles. The molecule has 0 bridgehead atoms. The molecule has 1 atom stereocenters. The van der Waals surface area contributed by atoms with Crippen LogP contribution in [0.4, 0.5) is 10.2 Å². The van der Waals surface area contributed by atoms with Gasteiger partial charge in [0.2, 0.25) is 0 Å². The van der Waals surface area contributed by atoms with Gasteiger partial charge in [-0.05, 0) is 37.5 Å². The lowest BCUT2D eigenvalue weighted by Gasteiger charge is -2.38. The van der Waals surface area contributed by atoms with Crippen LogP contribution < -0.4 is 4.90 Å². The Hall–Kier alpha value is -1.88. The van der Waals surface area contributed by atoms with Gasteiger partial charge in [-0.3, -0.25) is 10.00 Å². The monoisotopic (exact) mass is 328 g/mol. The zero-order chi connectivity index (χ0) is 16.7. The van der Waals surface area contributed by atoms with Gasteiger partial charge >= 0.3 is 0 Å². The fourth-order valence-electron chi connectivity index (χ4n) is 3.53.